The van der Waals surface area contributed by atoms with Gasteiger partial charge in [-0.3, -0.25) is 4.90 Å². The molecule has 114 valence electrons. The monoisotopic (exact) mass is 314 g/mol. The molecule has 1 N–H and O–H groups in total. The summed E-state index contributed by atoms with van der Waals surface area (Å²) in [6, 6.07) is 11.6. The smallest absolute Gasteiger partial charge is 0.0233 e. The summed E-state index contributed by atoms with van der Waals surface area (Å²) in [6.45, 7) is 7.15. The van der Waals surface area contributed by atoms with Gasteiger partial charge in [0.05, 0.1) is 0 Å². The van der Waals surface area contributed by atoms with Gasteiger partial charge in [-0.2, -0.15) is 11.8 Å². The Morgan fingerprint density at radius 1 is 1.25 bits per heavy atom. The second-order valence-corrected chi connectivity index (χ2v) is 6.33. The first-order valence-electron chi connectivity index (χ1n) is 7.46. The van der Waals surface area contributed by atoms with Gasteiger partial charge in [-0.25, -0.2) is 0 Å². The predicted molar refractivity (Wildman–Crippen MR) is 93.0 cm³/mol. The third kappa shape index (κ3) is 6.04. The molecule has 0 saturated carbocycles. The minimum absolute atomic E-state index is 0. The van der Waals surface area contributed by atoms with E-state index >= 15 is 0 Å². The van der Waals surface area contributed by atoms with Gasteiger partial charge in [0.25, 0.3) is 0 Å². The summed E-state index contributed by atoms with van der Waals surface area (Å²) in [4.78, 5) is 2.68. The maximum atomic E-state index is 3.48. The van der Waals surface area contributed by atoms with Gasteiger partial charge < -0.3 is 5.32 Å². The van der Waals surface area contributed by atoms with Gasteiger partial charge in [-0.15, -0.1) is 12.4 Å². The Bertz CT molecular complexity index is 342. The molecule has 2 nitrogen and oxygen atoms in total. The lowest BCUT2D eigenvalue weighted by atomic mass is 10.2. The van der Waals surface area contributed by atoms with Gasteiger partial charge in [0, 0.05) is 30.6 Å². The highest BCUT2D eigenvalue weighted by molar-refractivity contribution is 7.98. The molecule has 0 aliphatic carbocycles. The van der Waals surface area contributed by atoms with E-state index in [1.807, 2.05) is 0 Å². The second kappa shape index (κ2) is 10.5. The Kier molecular flexibility index (Phi) is 9.36. The van der Waals surface area contributed by atoms with Crippen LogP contribution in [0.3, 0.4) is 0 Å². The zero-order valence-corrected chi connectivity index (χ0v) is 14.0. The molecule has 1 aromatic carbocycles. The molecule has 0 aromatic heterocycles. The summed E-state index contributed by atoms with van der Waals surface area (Å²) in [5.74, 6) is 2.38. The molecule has 1 fully saturated rings. The van der Waals surface area contributed by atoms with Crippen molar-refractivity contribution in [3.05, 3.63) is 35.9 Å². The zero-order chi connectivity index (χ0) is 13.3. The molecule has 1 saturated heterocycles. The van der Waals surface area contributed by atoms with Crippen LogP contribution in [-0.2, 0) is 5.75 Å². The molecule has 0 amide bonds. The Hall–Kier alpha value is -0.220. The minimum atomic E-state index is 0. The van der Waals surface area contributed by atoms with Gasteiger partial charge in [0.2, 0.25) is 0 Å². The first kappa shape index (κ1) is 17.8. The summed E-state index contributed by atoms with van der Waals surface area (Å²) < 4.78 is 0. The van der Waals surface area contributed by atoms with Crippen LogP contribution in [0.1, 0.15) is 25.3 Å². The lowest BCUT2D eigenvalue weighted by molar-refractivity contribution is 0.221. The number of hydrogen-bond acceptors (Lipinski definition) is 3. The average molecular weight is 315 g/mol. The van der Waals surface area contributed by atoms with Crippen LogP contribution in [-0.4, -0.2) is 42.9 Å². The second-order valence-electron chi connectivity index (χ2n) is 5.22. The molecule has 0 radical (unpaired) electrons. The minimum Gasteiger partial charge on any atom is -0.315 e. The average Bonchev–Trinajstić information content (AvgIpc) is 2.97. The summed E-state index contributed by atoms with van der Waals surface area (Å²) in [5, 5.41) is 3.48. The fraction of sp³-hybridized carbons (Fsp3) is 0.625. The fourth-order valence-corrected chi connectivity index (χ4v) is 3.60. The quantitative estimate of drug-likeness (QED) is 0.740. The topological polar surface area (TPSA) is 15.3 Å². The number of halogens is 1. The number of benzene rings is 1. The van der Waals surface area contributed by atoms with Crippen LogP contribution in [0.4, 0.5) is 0 Å². The summed E-state index contributed by atoms with van der Waals surface area (Å²) >= 11 is 2.06. The Balaban J connectivity index is 0.00000200. The van der Waals surface area contributed by atoms with E-state index in [-0.39, 0.29) is 12.4 Å². The molecule has 1 unspecified atom stereocenters. The normalized spacial score (nSPS) is 18.2. The Morgan fingerprint density at radius 3 is 2.70 bits per heavy atom. The zero-order valence-electron chi connectivity index (χ0n) is 12.4. The van der Waals surface area contributed by atoms with Crippen LogP contribution in [0, 0.1) is 0 Å². The number of rotatable bonds is 8. The van der Waals surface area contributed by atoms with Crippen molar-refractivity contribution in [1.29, 1.82) is 0 Å². The van der Waals surface area contributed by atoms with Gasteiger partial charge in [0.15, 0.2) is 0 Å². The molecule has 0 bridgehead atoms. The first-order valence-corrected chi connectivity index (χ1v) is 8.62. The standard InChI is InChI=1S/C16H26N2S.ClH/c1-2-10-18(16-8-9-17-13-16)11-12-19-14-15-6-4-3-5-7-15;/h3-7,16-17H,2,8-14H2,1H3;1H. The van der Waals surface area contributed by atoms with Crippen LogP contribution in [0.25, 0.3) is 0 Å². The van der Waals surface area contributed by atoms with Crippen molar-refractivity contribution in [1.82, 2.24) is 10.2 Å². The number of nitrogens with one attached hydrogen (secondary N) is 1. The maximum absolute atomic E-state index is 3.48. The van der Waals surface area contributed by atoms with E-state index in [4.69, 9.17) is 0 Å². The van der Waals surface area contributed by atoms with E-state index in [0.717, 1.165) is 11.8 Å². The van der Waals surface area contributed by atoms with Crippen LogP contribution in [0.5, 0.6) is 0 Å². The Labute approximate surface area is 134 Å². The highest BCUT2D eigenvalue weighted by Crippen LogP contribution is 2.14. The summed E-state index contributed by atoms with van der Waals surface area (Å²) in [6.07, 6.45) is 2.59. The number of nitrogens with zero attached hydrogens (tertiary/aromatic N) is 1. The molecule has 1 aliphatic heterocycles. The van der Waals surface area contributed by atoms with Crippen molar-refractivity contribution < 1.29 is 0 Å². The van der Waals surface area contributed by atoms with E-state index in [1.165, 1.54) is 50.3 Å². The van der Waals surface area contributed by atoms with Crippen LogP contribution in [0.15, 0.2) is 30.3 Å². The van der Waals surface area contributed by atoms with Gasteiger partial charge >= 0.3 is 0 Å². The van der Waals surface area contributed by atoms with Crippen molar-refractivity contribution >= 4 is 24.2 Å². The molecule has 1 atom stereocenters. The highest BCUT2D eigenvalue weighted by atomic mass is 35.5. The SMILES string of the molecule is CCCN(CCSCc1ccccc1)C1CCNC1.Cl. The molecule has 1 heterocycles. The third-order valence-electron chi connectivity index (χ3n) is 3.70. The lowest BCUT2D eigenvalue weighted by Gasteiger charge is -2.27. The number of hydrogen-bond donors (Lipinski definition) is 1. The van der Waals surface area contributed by atoms with Crippen molar-refractivity contribution in [2.24, 2.45) is 0 Å². The van der Waals surface area contributed by atoms with E-state index < -0.39 is 0 Å². The molecular formula is C16H27ClN2S. The lowest BCUT2D eigenvalue weighted by Crippen LogP contribution is -2.38. The summed E-state index contributed by atoms with van der Waals surface area (Å²) in [7, 11) is 0. The van der Waals surface area contributed by atoms with E-state index in [0.29, 0.717) is 0 Å². The highest BCUT2D eigenvalue weighted by Gasteiger charge is 2.20. The largest absolute Gasteiger partial charge is 0.315 e. The summed E-state index contributed by atoms with van der Waals surface area (Å²) in [5.41, 5.74) is 1.44. The van der Waals surface area contributed by atoms with Crippen molar-refractivity contribution in [3.8, 4) is 0 Å². The molecular weight excluding hydrogens is 288 g/mol. The predicted octanol–water partition coefficient (Wildman–Crippen LogP) is 3.42. The van der Waals surface area contributed by atoms with E-state index in [1.54, 1.807) is 0 Å². The molecule has 4 heteroatoms. The van der Waals surface area contributed by atoms with E-state index in [9.17, 15) is 0 Å². The molecule has 2 rings (SSSR count). The van der Waals surface area contributed by atoms with Crippen LogP contribution >= 0.6 is 24.2 Å². The third-order valence-corrected chi connectivity index (χ3v) is 4.70. The van der Waals surface area contributed by atoms with Gasteiger partial charge in [-0.05, 0) is 31.5 Å². The van der Waals surface area contributed by atoms with Crippen LogP contribution in [0.2, 0.25) is 0 Å². The van der Waals surface area contributed by atoms with Crippen molar-refractivity contribution in [2.75, 3.05) is 31.9 Å². The van der Waals surface area contributed by atoms with Gasteiger partial charge in [0.1, 0.15) is 0 Å². The maximum Gasteiger partial charge on any atom is 0.0233 e. The molecule has 1 aromatic rings. The fourth-order valence-electron chi connectivity index (χ4n) is 2.66. The van der Waals surface area contributed by atoms with Crippen LogP contribution < -0.4 is 5.32 Å². The van der Waals surface area contributed by atoms with Gasteiger partial charge in [-0.1, -0.05) is 37.3 Å². The number of thioether (sulfide) groups is 1. The first-order chi connectivity index (χ1) is 9.40. The Morgan fingerprint density at radius 2 is 2.05 bits per heavy atom. The van der Waals surface area contributed by atoms with Crippen molar-refractivity contribution in [3.63, 3.8) is 0 Å². The molecule has 0 spiro atoms. The van der Waals surface area contributed by atoms with E-state index in [2.05, 4.69) is 59.2 Å². The molecule has 20 heavy (non-hydrogen) atoms. The molecule has 1 aliphatic rings. The van der Waals surface area contributed by atoms with Crippen molar-refractivity contribution in [2.45, 2.75) is 31.6 Å².